The first-order valence-electron chi connectivity index (χ1n) is 14.5. The molecule has 1 amide bonds. The summed E-state index contributed by atoms with van der Waals surface area (Å²) in [5, 5.41) is 64.7. The number of carbonyl (C=O) groups is 3. The highest BCUT2D eigenvalue weighted by Gasteiger charge is 2.68. The van der Waals surface area contributed by atoms with E-state index in [1.807, 2.05) is 0 Å². The number of primary amides is 1. The molecule has 1 aromatic rings. The number of Topliss-reactive ketones (excluding diaryl/α,β-unsaturated/α-hetero) is 2. The van der Waals surface area contributed by atoms with Gasteiger partial charge in [-0.1, -0.05) is 13.0 Å². The largest absolute Gasteiger partial charge is 0.508 e. The molecule has 1 aliphatic heterocycles. The third kappa shape index (κ3) is 4.45. The molecule has 1 saturated heterocycles. The summed E-state index contributed by atoms with van der Waals surface area (Å²) in [7, 11) is 2.95. The molecule has 0 unspecified atom stereocenters. The molecule has 0 radical (unpaired) electrons. The van der Waals surface area contributed by atoms with E-state index in [0.29, 0.717) is 11.3 Å². The van der Waals surface area contributed by atoms with Crippen molar-refractivity contribution in [1.82, 2.24) is 10.2 Å². The second kappa shape index (κ2) is 9.78. The van der Waals surface area contributed by atoms with Crippen molar-refractivity contribution in [3.8, 4) is 5.75 Å². The van der Waals surface area contributed by atoms with Crippen LogP contribution in [0, 0.1) is 11.8 Å². The van der Waals surface area contributed by atoms with E-state index >= 15 is 0 Å². The molecule has 3 aliphatic carbocycles. The number of fused-ring (bicyclic) bond motifs is 3. The van der Waals surface area contributed by atoms with Gasteiger partial charge in [0.05, 0.1) is 29.3 Å². The van der Waals surface area contributed by atoms with Crippen LogP contribution >= 0.6 is 0 Å². The van der Waals surface area contributed by atoms with Crippen LogP contribution in [0.1, 0.15) is 64.5 Å². The number of benzene rings is 1. The summed E-state index contributed by atoms with van der Waals surface area (Å²) >= 11 is 0. The number of anilines is 1. The molecule has 1 heterocycles. The van der Waals surface area contributed by atoms with Gasteiger partial charge in [-0.25, -0.2) is 0 Å². The van der Waals surface area contributed by atoms with Crippen molar-refractivity contribution in [2.24, 2.45) is 17.6 Å². The quantitative estimate of drug-likeness (QED) is 0.183. The number of phenols is 1. The maximum Gasteiger partial charge on any atom is 0.255 e. The predicted octanol–water partition coefficient (Wildman–Crippen LogP) is 1.22. The summed E-state index contributed by atoms with van der Waals surface area (Å²) in [5.74, 6) is -9.04. The number of aliphatic hydroxyl groups is 4. The minimum atomic E-state index is -2.94. The fourth-order valence-electron chi connectivity index (χ4n) is 8.38. The fourth-order valence-corrected chi connectivity index (χ4v) is 8.38. The monoisotopic (exact) mass is 598 g/mol. The Morgan fingerprint density at radius 2 is 1.65 bits per heavy atom. The van der Waals surface area contributed by atoms with Gasteiger partial charge in [-0.2, -0.15) is 0 Å². The van der Waals surface area contributed by atoms with Crippen LogP contribution in [0.2, 0.25) is 0 Å². The summed E-state index contributed by atoms with van der Waals surface area (Å²) < 4.78 is 0. The number of aromatic hydroxyl groups is 1. The second-order valence-corrected chi connectivity index (χ2v) is 14.1. The van der Waals surface area contributed by atoms with Crippen LogP contribution in [0.15, 0.2) is 29.0 Å². The average molecular weight is 599 g/mol. The van der Waals surface area contributed by atoms with Crippen LogP contribution in [0.5, 0.6) is 5.75 Å². The maximum absolute atomic E-state index is 14.2. The summed E-state index contributed by atoms with van der Waals surface area (Å²) in [5.41, 5.74) is 1.47. The minimum Gasteiger partial charge on any atom is -0.508 e. The topological polar surface area (TPSA) is 206 Å². The molecule has 4 aliphatic rings. The second-order valence-electron chi connectivity index (χ2n) is 14.1. The molecule has 1 saturated carbocycles. The van der Waals surface area contributed by atoms with Crippen molar-refractivity contribution in [2.45, 2.75) is 88.2 Å². The number of ketones is 2. The zero-order valence-electron chi connectivity index (χ0n) is 25.5. The van der Waals surface area contributed by atoms with E-state index in [9.17, 15) is 39.9 Å². The van der Waals surface area contributed by atoms with E-state index in [2.05, 4.69) is 38.3 Å². The number of piperidine rings is 1. The van der Waals surface area contributed by atoms with Gasteiger partial charge in [0.15, 0.2) is 11.4 Å². The van der Waals surface area contributed by atoms with Crippen molar-refractivity contribution in [2.75, 3.05) is 19.4 Å². The number of rotatable bonds is 4. The lowest BCUT2D eigenvalue weighted by molar-refractivity contribution is -0.169. The average Bonchev–Trinajstić information content (AvgIpc) is 2.85. The van der Waals surface area contributed by atoms with Crippen molar-refractivity contribution < 1.29 is 39.9 Å². The highest BCUT2D eigenvalue weighted by molar-refractivity contribution is 6.24. The molecule has 0 spiro atoms. The number of nitrogens with two attached hydrogens (primary N) is 1. The van der Waals surface area contributed by atoms with E-state index in [0.717, 1.165) is 12.8 Å². The summed E-state index contributed by atoms with van der Waals surface area (Å²) in [4.78, 5) is 41.0. The van der Waals surface area contributed by atoms with Crippen molar-refractivity contribution in [1.29, 1.82) is 0 Å². The Balaban J connectivity index is 1.66. The van der Waals surface area contributed by atoms with E-state index in [-0.39, 0.29) is 28.4 Å². The number of nitrogens with one attached hydrogen (secondary N) is 2. The van der Waals surface area contributed by atoms with E-state index < -0.39 is 75.6 Å². The predicted molar refractivity (Wildman–Crippen MR) is 158 cm³/mol. The lowest BCUT2D eigenvalue weighted by Crippen LogP contribution is -2.70. The lowest BCUT2D eigenvalue weighted by Gasteiger charge is -2.53. The summed E-state index contributed by atoms with van der Waals surface area (Å²) in [6.07, 6.45) is -0.135. The molecular formula is C31H42N4O8. The molecule has 1 aromatic carbocycles. The minimum absolute atomic E-state index is 0.0320. The lowest BCUT2D eigenvalue weighted by atomic mass is 9.54. The van der Waals surface area contributed by atoms with Gasteiger partial charge in [0.2, 0.25) is 5.78 Å². The van der Waals surface area contributed by atoms with Gasteiger partial charge in [0.1, 0.15) is 22.8 Å². The molecule has 234 valence electrons. The number of hydrogen-bond donors (Lipinski definition) is 8. The van der Waals surface area contributed by atoms with E-state index in [4.69, 9.17) is 5.73 Å². The van der Waals surface area contributed by atoms with Gasteiger partial charge in [0.25, 0.3) is 5.91 Å². The standard InChI is InChI=1S/C31H42N4O8/c1-12-14-8-9-15(33-13-10-29(2,3)34-30(4,5)11-13)22(36)17(14)23(37)18-16(12)24(38)20-21(35(6)7)25(39)19(28(32)42)27(41)31(20,43)26(18)40/h8-9,12-13,16,20-21,24,33-34,36-38,41,43H,10-11H2,1-7H3,(H2,32,42)/t12-,16+,20+,21-,24-,31-/m0/s1. The fraction of sp³-hybridized carbons (Fsp3) is 0.581. The van der Waals surface area contributed by atoms with Crippen LogP contribution in [0.3, 0.4) is 0 Å². The van der Waals surface area contributed by atoms with E-state index in [1.165, 1.54) is 19.0 Å². The molecule has 5 rings (SSSR count). The van der Waals surface area contributed by atoms with Crippen molar-refractivity contribution in [3.63, 3.8) is 0 Å². The Morgan fingerprint density at radius 3 is 2.19 bits per heavy atom. The highest BCUT2D eigenvalue weighted by atomic mass is 16.4. The highest BCUT2D eigenvalue weighted by Crippen LogP contribution is 2.56. The normalized spacial score (nSPS) is 33.7. The Kier molecular flexibility index (Phi) is 7.05. The van der Waals surface area contributed by atoms with Gasteiger partial charge in [-0.15, -0.1) is 0 Å². The third-order valence-electron chi connectivity index (χ3n) is 9.68. The molecule has 0 bridgehead atoms. The summed E-state index contributed by atoms with van der Waals surface area (Å²) in [6.45, 7) is 10.1. The van der Waals surface area contributed by atoms with Crippen molar-refractivity contribution in [3.05, 3.63) is 40.2 Å². The van der Waals surface area contributed by atoms with Crippen LogP contribution in [0.25, 0.3) is 5.76 Å². The number of likely N-dealkylation sites (N-methyl/N-ethyl adjacent to an activating group) is 1. The van der Waals surface area contributed by atoms with Crippen LogP contribution in [0.4, 0.5) is 5.69 Å². The molecular weight excluding hydrogens is 556 g/mol. The van der Waals surface area contributed by atoms with Gasteiger partial charge >= 0.3 is 0 Å². The molecule has 6 atom stereocenters. The number of nitrogens with zero attached hydrogens (tertiary/aromatic N) is 1. The number of amides is 1. The number of phenolic OH excluding ortho intramolecular Hbond substituents is 1. The Bertz CT molecular complexity index is 1480. The van der Waals surface area contributed by atoms with Crippen LogP contribution < -0.4 is 16.4 Å². The summed E-state index contributed by atoms with van der Waals surface area (Å²) in [6, 6.07) is 1.98. The number of hydrogen-bond acceptors (Lipinski definition) is 11. The SMILES string of the molecule is C[C@H]1c2ccc(NC3CC(C)(C)NC(C)(C)C3)c(O)c2C(O)=C2C(=O)[C@]3(O)C(O)=C(C(N)=O)C(=O)[C@@H](N(C)C)[C@@H]3[C@@H](O)[C@@H]21. The Morgan fingerprint density at radius 1 is 1.07 bits per heavy atom. The van der Waals surface area contributed by atoms with Gasteiger partial charge in [-0.05, 0) is 72.2 Å². The van der Waals surface area contributed by atoms with Crippen LogP contribution in [-0.2, 0) is 14.4 Å². The zero-order chi connectivity index (χ0) is 32.1. The third-order valence-corrected chi connectivity index (χ3v) is 9.68. The van der Waals surface area contributed by atoms with Crippen LogP contribution in [-0.4, -0.2) is 96.9 Å². The first kappa shape index (κ1) is 31.0. The van der Waals surface area contributed by atoms with E-state index in [1.54, 1.807) is 19.1 Å². The molecule has 43 heavy (non-hydrogen) atoms. The first-order valence-corrected chi connectivity index (χ1v) is 14.5. The Labute approximate surface area is 250 Å². The number of carbonyl (C=O) groups excluding carboxylic acids is 3. The first-order chi connectivity index (χ1) is 19.7. The van der Waals surface area contributed by atoms with Crippen molar-refractivity contribution >= 4 is 28.9 Å². The van der Waals surface area contributed by atoms with Gasteiger partial charge < -0.3 is 41.9 Å². The molecule has 12 heteroatoms. The molecule has 9 N–H and O–H groups in total. The smallest absolute Gasteiger partial charge is 0.255 e. The zero-order valence-corrected chi connectivity index (χ0v) is 25.5. The maximum atomic E-state index is 14.2. The number of aliphatic hydroxyl groups excluding tert-OH is 3. The van der Waals surface area contributed by atoms with Gasteiger partial charge in [-0.3, -0.25) is 19.3 Å². The molecule has 2 fully saturated rings. The molecule has 0 aromatic heterocycles. The molecule has 12 nitrogen and oxygen atoms in total. The Hall–Kier alpha value is -3.45. The van der Waals surface area contributed by atoms with Gasteiger partial charge in [0, 0.05) is 28.6 Å².